The summed E-state index contributed by atoms with van der Waals surface area (Å²) in [5, 5.41) is 0. The molecule has 0 N–H and O–H groups in total. The van der Waals surface area contributed by atoms with Crippen LogP contribution >= 0.6 is 0 Å². The number of benzene rings is 1. The quantitative estimate of drug-likeness (QED) is 0.763. The molecule has 1 atom stereocenters. The smallest absolute Gasteiger partial charge is 0.161 e. The van der Waals surface area contributed by atoms with Gasteiger partial charge in [0.15, 0.2) is 5.78 Å². The van der Waals surface area contributed by atoms with E-state index in [2.05, 4.69) is 32.6 Å². The molecule has 106 valence electrons. The van der Waals surface area contributed by atoms with Gasteiger partial charge in [0.2, 0.25) is 0 Å². The lowest BCUT2D eigenvalue weighted by Crippen LogP contribution is -2.40. The Bertz CT molecular complexity index is 488. The number of nitrogens with zero attached hydrogens (tertiary/aromatic N) is 1. The normalized spacial score (nSPS) is 13.3. The van der Waals surface area contributed by atoms with Gasteiger partial charge < -0.3 is 4.90 Å². The largest absolute Gasteiger partial charge is 0.371 e. The summed E-state index contributed by atoms with van der Waals surface area (Å²) in [6.45, 7) is 11.8. The molecule has 0 bridgehead atoms. The monoisotopic (exact) mass is 265 g/mol. The molecule has 0 radical (unpaired) electrons. The van der Waals surface area contributed by atoms with E-state index >= 15 is 0 Å². The van der Waals surface area contributed by atoms with Gasteiger partial charge >= 0.3 is 0 Å². The van der Waals surface area contributed by atoms with Crippen LogP contribution in [0.15, 0.2) is 12.1 Å². The highest BCUT2D eigenvalue weighted by atomic mass is 19.1. The number of carbonyl (C=O) groups excluding carboxylic acids is 1. The summed E-state index contributed by atoms with van der Waals surface area (Å²) in [6, 6.07) is 3.34. The molecule has 2 nitrogen and oxygen atoms in total. The molecule has 0 aliphatic heterocycles. The zero-order chi connectivity index (χ0) is 15.0. The van der Waals surface area contributed by atoms with Crippen molar-refractivity contribution < 1.29 is 9.18 Å². The Hall–Kier alpha value is -1.38. The van der Waals surface area contributed by atoms with Crippen LogP contribution in [0.25, 0.3) is 0 Å². The average Bonchev–Trinajstić information content (AvgIpc) is 2.28. The third-order valence-electron chi connectivity index (χ3n) is 3.87. The fourth-order valence-electron chi connectivity index (χ4n) is 2.03. The van der Waals surface area contributed by atoms with Gasteiger partial charge in [-0.2, -0.15) is 0 Å². The van der Waals surface area contributed by atoms with Gasteiger partial charge in [0.05, 0.1) is 0 Å². The lowest BCUT2D eigenvalue weighted by Gasteiger charge is -2.37. The van der Waals surface area contributed by atoms with Crippen LogP contribution in [0.1, 0.15) is 50.5 Å². The van der Waals surface area contributed by atoms with E-state index in [1.54, 1.807) is 13.0 Å². The van der Waals surface area contributed by atoms with E-state index in [0.29, 0.717) is 11.1 Å². The first-order chi connectivity index (χ1) is 8.55. The standard InChI is InChI=1S/C16H24FNO/c1-10-8-15(13(11(2)19)9-14(10)17)18(7)12(3)16(4,5)6/h8-9,12H,1-7H3. The molecule has 0 heterocycles. The number of carbonyl (C=O) groups is 1. The predicted octanol–water partition coefficient (Wildman–Crippen LogP) is 4.21. The first-order valence-corrected chi connectivity index (χ1v) is 6.59. The molecule has 0 saturated carbocycles. The molecule has 19 heavy (non-hydrogen) atoms. The van der Waals surface area contributed by atoms with Gasteiger partial charge in [-0.3, -0.25) is 4.79 Å². The number of Topliss-reactive ketones (excluding diaryl/α,β-unsaturated/α-hetero) is 1. The Morgan fingerprint density at radius 2 is 1.84 bits per heavy atom. The number of ketones is 1. The summed E-state index contributed by atoms with van der Waals surface area (Å²) >= 11 is 0. The van der Waals surface area contributed by atoms with Gasteiger partial charge in [-0.05, 0) is 43.9 Å². The summed E-state index contributed by atoms with van der Waals surface area (Å²) in [5.41, 5.74) is 1.88. The fourth-order valence-corrected chi connectivity index (χ4v) is 2.03. The lowest BCUT2D eigenvalue weighted by molar-refractivity contribution is 0.101. The van der Waals surface area contributed by atoms with Crippen molar-refractivity contribution in [2.24, 2.45) is 5.41 Å². The summed E-state index contributed by atoms with van der Waals surface area (Å²) < 4.78 is 13.6. The highest BCUT2D eigenvalue weighted by Gasteiger charge is 2.26. The van der Waals surface area contributed by atoms with Crippen LogP contribution in [0, 0.1) is 18.2 Å². The fraction of sp³-hybridized carbons (Fsp3) is 0.562. The SMILES string of the molecule is CC(=O)c1cc(F)c(C)cc1N(C)C(C)C(C)(C)C. The van der Waals surface area contributed by atoms with Crippen molar-refractivity contribution in [2.45, 2.75) is 47.6 Å². The van der Waals surface area contributed by atoms with E-state index in [4.69, 9.17) is 0 Å². The Morgan fingerprint density at radius 1 is 1.32 bits per heavy atom. The van der Waals surface area contributed by atoms with E-state index < -0.39 is 0 Å². The Kier molecular flexibility index (Phi) is 4.39. The first-order valence-electron chi connectivity index (χ1n) is 6.59. The Labute approximate surface area is 115 Å². The Balaban J connectivity index is 3.33. The van der Waals surface area contributed by atoms with Crippen LogP contribution in [-0.4, -0.2) is 18.9 Å². The molecule has 0 aromatic heterocycles. The topological polar surface area (TPSA) is 20.3 Å². The van der Waals surface area contributed by atoms with Crippen molar-refractivity contribution in [1.82, 2.24) is 0 Å². The van der Waals surface area contributed by atoms with E-state index in [0.717, 1.165) is 5.69 Å². The maximum absolute atomic E-state index is 13.6. The zero-order valence-electron chi connectivity index (χ0n) is 13.0. The third kappa shape index (κ3) is 3.34. The van der Waals surface area contributed by atoms with Gasteiger partial charge in [-0.1, -0.05) is 20.8 Å². The lowest BCUT2D eigenvalue weighted by atomic mass is 9.86. The number of hydrogen-bond acceptors (Lipinski definition) is 2. The molecule has 1 aromatic rings. The molecule has 0 aliphatic rings. The molecular weight excluding hydrogens is 241 g/mol. The van der Waals surface area contributed by atoms with E-state index in [1.807, 2.05) is 7.05 Å². The summed E-state index contributed by atoms with van der Waals surface area (Å²) in [6.07, 6.45) is 0. The van der Waals surface area contributed by atoms with E-state index in [9.17, 15) is 9.18 Å². The van der Waals surface area contributed by atoms with Gasteiger partial charge in [0, 0.05) is 24.3 Å². The van der Waals surface area contributed by atoms with Crippen molar-refractivity contribution >= 4 is 11.5 Å². The van der Waals surface area contributed by atoms with Crippen molar-refractivity contribution in [3.05, 3.63) is 29.1 Å². The summed E-state index contributed by atoms with van der Waals surface area (Å²) in [7, 11) is 1.95. The summed E-state index contributed by atoms with van der Waals surface area (Å²) in [4.78, 5) is 13.8. The Morgan fingerprint density at radius 3 is 2.26 bits per heavy atom. The number of rotatable bonds is 3. The van der Waals surface area contributed by atoms with Crippen LogP contribution in [0.4, 0.5) is 10.1 Å². The second kappa shape index (κ2) is 5.32. The van der Waals surface area contributed by atoms with Crippen LogP contribution in [0.2, 0.25) is 0 Å². The maximum atomic E-state index is 13.6. The minimum absolute atomic E-state index is 0.0745. The van der Waals surface area contributed by atoms with Gasteiger partial charge in [-0.25, -0.2) is 4.39 Å². The second-order valence-electron chi connectivity index (χ2n) is 6.33. The minimum Gasteiger partial charge on any atom is -0.371 e. The molecule has 0 aliphatic carbocycles. The van der Waals surface area contributed by atoms with Gasteiger partial charge in [-0.15, -0.1) is 0 Å². The highest BCUT2D eigenvalue weighted by Crippen LogP contribution is 2.31. The molecule has 3 heteroatoms. The number of halogens is 1. The van der Waals surface area contributed by atoms with Crippen molar-refractivity contribution in [3.63, 3.8) is 0 Å². The van der Waals surface area contributed by atoms with Crippen LogP contribution in [0.5, 0.6) is 0 Å². The second-order valence-corrected chi connectivity index (χ2v) is 6.33. The van der Waals surface area contributed by atoms with Crippen molar-refractivity contribution in [3.8, 4) is 0 Å². The molecule has 1 aromatic carbocycles. The number of aryl methyl sites for hydroxylation is 1. The van der Waals surface area contributed by atoms with Gasteiger partial charge in [0.25, 0.3) is 0 Å². The number of anilines is 1. The molecule has 0 fully saturated rings. The molecule has 1 rings (SSSR count). The molecule has 0 amide bonds. The van der Waals surface area contributed by atoms with E-state index in [-0.39, 0.29) is 23.1 Å². The zero-order valence-corrected chi connectivity index (χ0v) is 13.0. The van der Waals surface area contributed by atoms with Gasteiger partial charge in [0.1, 0.15) is 5.82 Å². The molecule has 0 saturated heterocycles. The molecule has 1 unspecified atom stereocenters. The highest BCUT2D eigenvalue weighted by molar-refractivity contribution is 6.00. The molecular formula is C16H24FNO. The summed E-state index contributed by atoms with van der Waals surface area (Å²) in [5.74, 6) is -0.437. The maximum Gasteiger partial charge on any atom is 0.161 e. The first kappa shape index (κ1) is 15.7. The van der Waals surface area contributed by atoms with E-state index in [1.165, 1.54) is 13.0 Å². The van der Waals surface area contributed by atoms with Crippen molar-refractivity contribution in [1.29, 1.82) is 0 Å². The minimum atomic E-state index is -0.328. The number of hydrogen-bond donors (Lipinski definition) is 0. The third-order valence-corrected chi connectivity index (χ3v) is 3.87. The predicted molar refractivity (Wildman–Crippen MR) is 78.5 cm³/mol. The average molecular weight is 265 g/mol. The van der Waals surface area contributed by atoms with Crippen molar-refractivity contribution in [2.75, 3.05) is 11.9 Å². The molecule has 0 spiro atoms. The van der Waals surface area contributed by atoms with Crippen LogP contribution in [-0.2, 0) is 0 Å². The van der Waals surface area contributed by atoms with Crippen LogP contribution in [0.3, 0.4) is 0 Å². The van der Waals surface area contributed by atoms with Crippen LogP contribution < -0.4 is 4.90 Å².